The van der Waals surface area contributed by atoms with E-state index in [1.807, 2.05) is 84.9 Å². The Morgan fingerprint density at radius 1 is 0.429 bits per heavy atom. The standard InChI is InChI=1S/C36H30O6/c1-39-23-15-27-25(21-11-7-5-8-12-21)19-29(35(37)33(27)31(17-23)41-3)30-20-26(22-13-9-6-10-14-22)28-16-24(40-2)18-32(42-4)34(28)36(30)38/h5-20,37-38H,1-4H3. The van der Waals surface area contributed by atoms with Crippen molar-refractivity contribution >= 4 is 21.5 Å². The van der Waals surface area contributed by atoms with Gasteiger partial charge in [-0.1, -0.05) is 60.7 Å². The molecule has 42 heavy (non-hydrogen) atoms. The molecule has 6 nitrogen and oxygen atoms in total. The van der Waals surface area contributed by atoms with Crippen molar-refractivity contribution in [2.75, 3.05) is 28.4 Å². The van der Waals surface area contributed by atoms with Gasteiger partial charge in [0.25, 0.3) is 0 Å². The van der Waals surface area contributed by atoms with Gasteiger partial charge in [0, 0.05) is 34.0 Å². The van der Waals surface area contributed by atoms with Crippen molar-refractivity contribution in [3.05, 3.63) is 97.1 Å². The number of aromatic hydroxyl groups is 2. The van der Waals surface area contributed by atoms with Crippen molar-refractivity contribution in [2.24, 2.45) is 0 Å². The van der Waals surface area contributed by atoms with Crippen LogP contribution in [-0.2, 0) is 0 Å². The highest BCUT2D eigenvalue weighted by Crippen LogP contribution is 2.52. The number of phenols is 2. The third kappa shape index (κ3) is 4.38. The van der Waals surface area contributed by atoms with Gasteiger partial charge in [0.1, 0.15) is 34.5 Å². The highest BCUT2D eigenvalue weighted by molar-refractivity contribution is 6.12. The van der Waals surface area contributed by atoms with Crippen LogP contribution in [0.3, 0.4) is 0 Å². The van der Waals surface area contributed by atoms with E-state index in [0.29, 0.717) is 44.9 Å². The zero-order valence-corrected chi connectivity index (χ0v) is 23.8. The van der Waals surface area contributed by atoms with Crippen molar-refractivity contribution < 1.29 is 29.2 Å². The number of methoxy groups -OCH3 is 4. The van der Waals surface area contributed by atoms with Crippen molar-refractivity contribution in [3.63, 3.8) is 0 Å². The molecule has 0 saturated carbocycles. The highest BCUT2D eigenvalue weighted by atomic mass is 16.5. The molecule has 0 fully saturated rings. The fraction of sp³-hybridized carbons (Fsp3) is 0.111. The molecule has 2 N–H and O–H groups in total. The summed E-state index contributed by atoms with van der Waals surface area (Å²) in [5, 5.41) is 26.4. The number of rotatable bonds is 7. The lowest BCUT2D eigenvalue weighted by molar-refractivity contribution is 0.396. The lowest BCUT2D eigenvalue weighted by Crippen LogP contribution is -1.95. The minimum atomic E-state index is -0.0228. The minimum Gasteiger partial charge on any atom is -0.507 e. The molecule has 6 aromatic carbocycles. The third-order valence-electron chi connectivity index (χ3n) is 7.66. The smallest absolute Gasteiger partial charge is 0.135 e. The van der Waals surface area contributed by atoms with E-state index in [2.05, 4.69) is 0 Å². The molecule has 0 amide bonds. The van der Waals surface area contributed by atoms with E-state index in [0.717, 1.165) is 33.0 Å². The van der Waals surface area contributed by atoms with Crippen molar-refractivity contribution in [2.45, 2.75) is 0 Å². The third-order valence-corrected chi connectivity index (χ3v) is 7.66. The first-order chi connectivity index (χ1) is 20.5. The van der Waals surface area contributed by atoms with Gasteiger partial charge in [0.05, 0.1) is 39.2 Å². The number of hydrogen-bond donors (Lipinski definition) is 2. The SMILES string of the molecule is COc1cc(OC)c2c(O)c(-c3cc(-c4ccccc4)c4cc(OC)cc(OC)c4c3O)cc(-c3ccccc3)c2c1. The Morgan fingerprint density at radius 3 is 1.14 bits per heavy atom. The van der Waals surface area contributed by atoms with Crippen LogP contribution in [-0.4, -0.2) is 38.7 Å². The van der Waals surface area contributed by atoms with Crippen LogP contribution in [0, 0.1) is 0 Å². The molecular formula is C36H30O6. The van der Waals surface area contributed by atoms with E-state index in [4.69, 9.17) is 18.9 Å². The maximum atomic E-state index is 11.9. The number of benzene rings is 6. The van der Waals surface area contributed by atoms with E-state index in [-0.39, 0.29) is 11.5 Å². The summed E-state index contributed by atoms with van der Waals surface area (Å²) in [4.78, 5) is 0. The zero-order chi connectivity index (χ0) is 29.4. The maximum absolute atomic E-state index is 11.9. The topological polar surface area (TPSA) is 77.4 Å². The summed E-state index contributed by atoms with van der Waals surface area (Å²) in [5.74, 6) is 2.05. The molecule has 0 radical (unpaired) electrons. The van der Waals surface area contributed by atoms with Crippen LogP contribution in [0.2, 0.25) is 0 Å². The van der Waals surface area contributed by atoms with E-state index in [1.54, 1.807) is 40.6 Å². The van der Waals surface area contributed by atoms with Crippen LogP contribution in [0.25, 0.3) is 54.9 Å². The lowest BCUT2D eigenvalue weighted by Gasteiger charge is -2.20. The molecule has 6 heteroatoms. The Kier molecular flexibility index (Phi) is 6.97. The van der Waals surface area contributed by atoms with E-state index >= 15 is 0 Å². The predicted molar refractivity (Wildman–Crippen MR) is 167 cm³/mol. The average Bonchev–Trinajstić information content (AvgIpc) is 3.05. The van der Waals surface area contributed by atoms with Crippen molar-refractivity contribution in [3.8, 4) is 67.9 Å². The van der Waals surface area contributed by atoms with Crippen LogP contribution >= 0.6 is 0 Å². The van der Waals surface area contributed by atoms with Gasteiger partial charge in [-0.3, -0.25) is 0 Å². The molecule has 6 aromatic rings. The summed E-state index contributed by atoms with van der Waals surface area (Å²) < 4.78 is 22.6. The van der Waals surface area contributed by atoms with Gasteiger partial charge in [-0.05, 0) is 46.5 Å². The average molecular weight is 559 g/mol. The summed E-state index contributed by atoms with van der Waals surface area (Å²) in [6.07, 6.45) is 0. The maximum Gasteiger partial charge on any atom is 0.135 e. The Balaban J connectivity index is 1.78. The summed E-state index contributed by atoms with van der Waals surface area (Å²) >= 11 is 0. The molecular weight excluding hydrogens is 528 g/mol. The Hall–Kier alpha value is -5.36. The molecule has 0 unspecified atom stereocenters. The number of phenolic OH excluding ortho intramolecular Hbond substituents is 2. The second kappa shape index (κ2) is 10.9. The molecule has 0 heterocycles. The molecule has 0 spiro atoms. The summed E-state index contributed by atoms with van der Waals surface area (Å²) in [6, 6.07) is 30.8. The molecule has 0 aliphatic carbocycles. The fourth-order valence-electron chi connectivity index (χ4n) is 5.63. The molecule has 210 valence electrons. The van der Waals surface area contributed by atoms with E-state index in [1.165, 1.54) is 0 Å². The van der Waals surface area contributed by atoms with Crippen molar-refractivity contribution in [1.82, 2.24) is 0 Å². The van der Waals surface area contributed by atoms with Gasteiger partial charge in [0.15, 0.2) is 0 Å². The number of hydrogen-bond acceptors (Lipinski definition) is 6. The lowest BCUT2D eigenvalue weighted by atomic mass is 9.87. The zero-order valence-electron chi connectivity index (χ0n) is 23.8. The van der Waals surface area contributed by atoms with Gasteiger partial charge in [-0.25, -0.2) is 0 Å². The van der Waals surface area contributed by atoms with Crippen LogP contribution in [0.1, 0.15) is 0 Å². The molecule has 6 rings (SSSR count). The first-order valence-corrected chi connectivity index (χ1v) is 13.4. The van der Waals surface area contributed by atoms with E-state index < -0.39 is 0 Å². The van der Waals surface area contributed by atoms with Gasteiger partial charge >= 0.3 is 0 Å². The minimum absolute atomic E-state index is 0.0228. The quantitative estimate of drug-likeness (QED) is 0.205. The highest BCUT2D eigenvalue weighted by Gasteiger charge is 2.24. The number of ether oxygens (including phenoxy) is 4. The van der Waals surface area contributed by atoms with Gasteiger partial charge in [-0.15, -0.1) is 0 Å². The van der Waals surface area contributed by atoms with Crippen LogP contribution in [0.4, 0.5) is 0 Å². The second-order valence-electron chi connectivity index (χ2n) is 9.88. The van der Waals surface area contributed by atoms with Gasteiger partial charge in [0.2, 0.25) is 0 Å². The van der Waals surface area contributed by atoms with Crippen molar-refractivity contribution in [1.29, 1.82) is 0 Å². The van der Waals surface area contributed by atoms with E-state index in [9.17, 15) is 10.2 Å². The monoisotopic (exact) mass is 558 g/mol. The second-order valence-corrected chi connectivity index (χ2v) is 9.88. The van der Waals surface area contributed by atoms with Gasteiger partial charge < -0.3 is 29.2 Å². The Labute approximate surface area is 243 Å². The number of fused-ring (bicyclic) bond motifs is 2. The molecule has 0 atom stereocenters. The molecule has 0 aliphatic heterocycles. The first kappa shape index (κ1) is 26.8. The largest absolute Gasteiger partial charge is 0.507 e. The van der Waals surface area contributed by atoms with Gasteiger partial charge in [-0.2, -0.15) is 0 Å². The summed E-state index contributed by atoms with van der Waals surface area (Å²) in [5.41, 5.74) is 4.45. The first-order valence-electron chi connectivity index (χ1n) is 13.4. The summed E-state index contributed by atoms with van der Waals surface area (Å²) in [7, 11) is 6.30. The molecule has 0 aromatic heterocycles. The molecule has 0 bridgehead atoms. The Bertz CT molecular complexity index is 1790. The normalized spacial score (nSPS) is 11.0. The molecule has 0 saturated heterocycles. The predicted octanol–water partition coefficient (Wildman–Crippen LogP) is 8.44. The molecule has 0 aliphatic rings. The van der Waals surface area contributed by atoms with Crippen LogP contribution < -0.4 is 18.9 Å². The Morgan fingerprint density at radius 2 is 0.810 bits per heavy atom. The van der Waals surface area contributed by atoms with Crippen LogP contribution in [0.5, 0.6) is 34.5 Å². The fourth-order valence-corrected chi connectivity index (χ4v) is 5.63. The van der Waals surface area contributed by atoms with Crippen LogP contribution in [0.15, 0.2) is 97.1 Å². The summed E-state index contributed by atoms with van der Waals surface area (Å²) in [6.45, 7) is 0.